The van der Waals surface area contributed by atoms with Crippen molar-refractivity contribution in [2.24, 2.45) is 0 Å². The highest BCUT2D eigenvalue weighted by atomic mass is 35.5. The van der Waals surface area contributed by atoms with Crippen LogP contribution in [-0.2, 0) is 4.74 Å². The van der Waals surface area contributed by atoms with Crippen LogP contribution in [0, 0.1) is 17.0 Å². The van der Waals surface area contributed by atoms with Crippen LogP contribution >= 0.6 is 11.6 Å². The lowest BCUT2D eigenvalue weighted by Crippen LogP contribution is -2.40. The van der Waals surface area contributed by atoms with E-state index in [0.29, 0.717) is 29.5 Å². The lowest BCUT2D eigenvalue weighted by Gasteiger charge is -2.27. The molecule has 0 unspecified atom stereocenters. The molecular formula is C12H17ClN2O3. The van der Waals surface area contributed by atoms with E-state index in [1.165, 1.54) is 6.07 Å². The molecule has 1 fully saturated rings. The summed E-state index contributed by atoms with van der Waals surface area (Å²) in [5.74, 6) is 0. The van der Waals surface area contributed by atoms with E-state index in [0.717, 1.165) is 0 Å². The third-order valence-electron chi connectivity index (χ3n) is 2.47. The predicted molar refractivity (Wildman–Crippen MR) is 72.4 cm³/mol. The van der Waals surface area contributed by atoms with E-state index in [1.807, 2.05) is 13.8 Å². The molecule has 2 rings (SSSR count). The van der Waals surface area contributed by atoms with Gasteiger partial charge in [0, 0.05) is 11.1 Å². The molecule has 0 aromatic heterocycles. The summed E-state index contributed by atoms with van der Waals surface area (Å²) >= 11 is 5.94. The van der Waals surface area contributed by atoms with Crippen LogP contribution in [0.5, 0.6) is 0 Å². The molecule has 1 aliphatic rings. The van der Waals surface area contributed by atoms with Crippen LogP contribution in [-0.4, -0.2) is 24.2 Å². The topological polar surface area (TPSA) is 64.4 Å². The van der Waals surface area contributed by atoms with Gasteiger partial charge in [-0.2, -0.15) is 0 Å². The fourth-order valence-corrected chi connectivity index (χ4v) is 1.64. The quantitative estimate of drug-likeness (QED) is 0.677. The number of nitrogens with one attached hydrogen (secondary N) is 1. The standard InChI is InChI=1S/C10H11ClN2O3.C2H6/c1-6-2-10(13(14)15)9(3-8(6)11)12-7-4-16-5-7;1-2/h2-3,7,12H,4-5H2,1H3;1-2H3. The zero-order chi connectivity index (χ0) is 13.7. The Morgan fingerprint density at radius 3 is 2.50 bits per heavy atom. The van der Waals surface area contributed by atoms with Gasteiger partial charge < -0.3 is 10.1 Å². The summed E-state index contributed by atoms with van der Waals surface area (Å²) in [6, 6.07) is 3.20. The van der Waals surface area contributed by atoms with Crippen molar-refractivity contribution in [1.29, 1.82) is 0 Å². The molecule has 1 aromatic carbocycles. The molecule has 0 radical (unpaired) electrons. The third-order valence-corrected chi connectivity index (χ3v) is 2.88. The van der Waals surface area contributed by atoms with Crippen molar-refractivity contribution in [2.75, 3.05) is 18.5 Å². The normalized spacial score (nSPS) is 14.2. The maximum absolute atomic E-state index is 10.9. The molecule has 1 heterocycles. The zero-order valence-corrected chi connectivity index (χ0v) is 11.5. The monoisotopic (exact) mass is 272 g/mol. The van der Waals surface area contributed by atoms with Gasteiger partial charge in [0.25, 0.3) is 5.69 Å². The first-order valence-electron chi connectivity index (χ1n) is 5.86. The number of aryl methyl sites for hydroxylation is 1. The van der Waals surface area contributed by atoms with E-state index in [9.17, 15) is 10.1 Å². The van der Waals surface area contributed by atoms with Crippen molar-refractivity contribution in [1.82, 2.24) is 0 Å². The Balaban J connectivity index is 0.000000771. The maximum Gasteiger partial charge on any atom is 0.292 e. The van der Waals surface area contributed by atoms with Crippen molar-refractivity contribution in [2.45, 2.75) is 26.8 Å². The number of nitrogens with zero attached hydrogens (tertiary/aromatic N) is 1. The largest absolute Gasteiger partial charge is 0.377 e. The van der Waals surface area contributed by atoms with Gasteiger partial charge in [0.2, 0.25) is 0 Å². The number of ether oxygens (including phenoxy) is 1. The van der Waals surface area contributed by atoms with Crippen molar-refractivity contribution < 1.29 is 9.66 Å². The van der Waals surface area contributed by atoms with Gasteiger partial charge >= 0.3 is 0 Å². The molecular weight excluding hydrogens is 256 g/mol. The Kier molecular flexibility index (Phi) is 5.37. The van der Waals surface area contributed by atoms with Crippen LogP contribution in [0.15, 0.2) is 12.1 Å². The minimum Gasteiger partial charge on any atom is -0.377 e. The van der Waals surface area contributed by atoms with Gasteiger partial charge in [0.1, 0.15) is 5.69 Å². The predicted octanol–water partition coefficient (Wildman–Crippen LogP) is 3.39. The second kappa shape index (κ2) is 6.56. The average Bonchev–Trinajstić information content (AvgIpc) is 2.30. The van der Waals surface area contributed by atoms with E-state index in [2.05, 4.69) is 5.32 Å². The van der Waals surface area contributed by atoms with Crippen LogP contribution in [0.3, 0.4) is 0 Å². The molecule has 0 spiro atoms. The molecule has 5 nitrogen and oxygen atoms in total. The lowest BCUT2D eigenvalue weighted by atomic mass is 10.1. The highest BCUT2D eigenvalue weighted by molar-refractivity contribution is 6.31. The molecule has 0 atom stereocenters. The summed E-state index contributed by atoms with van der Waals surface area (Å²) in [6.45, 7) is 6.89. The van der Waals surface area contributed by atoms with Crippen LogP contribution in [0.1, 0.15) is 19.4 Å². The summed E-state index contributed by atoms with van der Waals surface area (Å²) < 4.78 is 5.00. The molecule has 18 heavy (non-hydrogen) atoms. The van der Waals surface area contributed by atoms with Crippen molar-refractivity contribution in [3.8, 4) is 0 Å². The summed E-state index contributed by atoms with van der Waals surface area (Å²) in [4.78, 5) is 10.5. The van der Waals surface area contributed by atoms with Gasteiger partial charge in [-0.25, -0.2) is 0 Å². The van der Waals surface area contributed by atoms with Gasteiger partial charge in [-0.05, 0) is 18.6 Å². The minimum atomic E-state index is -0.412. The summed E-state index contributed by atoms with van der Waals surface area (Å²) in [6.07, 6.45) is 0. The summed E-state index contributed by atoms with van der Waals surface area (Å²) in [5.41, 5.74) is 1.20. The Bertz CT molecular complexity index is 434. The zero-order valence-electron chi connectivity index (χ0n) is 10.7. The molecule has 1 N–H and O–H groups in total. The van der Waals surface area contributed by atoms with Gasteiger partial charge in [-0.3, -0.25) is 10.1 Å². The van der Waals surface area contributed by atoms with Crippen molar-refractivity contribution in [3.63, 3.8) is 0 Å². The molecule has 1 saturated heterocycles. The van der Waals surface area contributed by atoms with Gasteiger partial charge in [0.15, 0.2) is 0 Å². The number of hydrogen-bond donors (Lipinski definition) is 1. The first-order valence-corrected chi connectivity index (χ1v) is 6.24. The van der Waals surface area contributed by atoms with E-state index in [1.54, 1.807) is 13.0 Å². The number of hydrogen-bond acceptors (Lipinski definition) is 4. The SMILES string of the molecule is CC.Cc1cc([N+](=O)[O-])c(NC2COC2)cc1Cl. The van der Waals surface area contributed by atoms with Crippen molar-refractivity contribution >= 4 is 23.0 Å². The smallest absolute Gasteiger partial charge is 0.292 e. The summed E-state index contributed by atoms with van der Waals surface area (Å²) in [7, 11) is 0. The van der Waals surface area contributed by atoms with Gasteiger partial charge in [-0.15, -0.1) is 0 Å². The fraction of sp³-hybridized carbons (Fsp3) is 0.500. The van der Waals surface area contributed by atoms with E-state index >= 15 is 0 Å². The molecule has 0 aliphatic carbocycles. The van der Waals surface area contributed by atoms with E-state index in [4.69, 9.17) is 16.3 Å². The Labute approximate surface area is 111 Å². The lowest BCUT2D eigenvalue weighted by molar-refractivity contribution is -0.384. The van der Waals surface area contributed by atoms with Crippen LogP contribution in [0.2, 0.25) is 5.02 Å². The highest BCUT2D eigenvalue weighted by Crippen LogP contribution is 2.31. The second-order valence-corrected chi connectivity index (χ2v) is 4.16. The van der Waals surface area contributed by atoms with Gasteiger partial charge in [-0.1, -0.05) is 25.4 Å². The number of anilines is 1. The number of nitro groups is 1. The number of nitro benzene ring substituents is 1. The molecule has 0 amide bonds. The Hall–Kier alpha value is -1.33. The van der Waals surface area contributed by atoms with Crippen LogP contribution < -0.4 is 5.32 Å². The Morgan fingerprint density at radius 1 is 1.44 bits per heavy atom. The maximum atomic E-state index is 10.9. The molecule has 1 aromatic rings. The number of halogens is 1. The van der Waals surface area contributed by atoms with Crippen LogP contribution in [0.25, 0.3) is 0 Å². The van der Waals surface area contributed by atoms with E-state index < -0.39 is 4.92 Å². The molecule has 0 bridgehead atoms. The summed E-state index contributed by atoms with van der Waals surface area (Å²) in [5, 5.41) is 14.4. The Morgan fingerprint density at radius 2 is 2.06 bits per heavy atom. The molecule has 100 valence electrons. The van der Waals surface area contributed by atoms with Crippen molar-refractivity contribution in [3.05, 3.63) is 32.8 Å². The second-order valence-electron chi connectivity index (χ2n) is 3.75. The molecule has 1 aliphatic heterocycles. The fourth-order valence-electron chi connectivity index (χ4n) is 1.47. The van der Waals surface area contributed by atoms with E-state index in [-0.39, 0.29) is 11.7 Å². The highest BCUT2D eigenvalue weighted by Gasteiger charge is 2.23. The number of benzene rings is 1. The average molecular weight is 273 g/mol. The molecule has 6 heteroatoms. The third kappa shape index (κ3) is 3.34. The minimum absolute atomic E-state index is 0.0498. The first kappa shape index (κ1) is 14.7. The first-order chi connectivity index (χ1) is 8.58. The van der Waals surface area contributed by atoms with Crippen LogP contribution in [0.4, 0.5) is 11.4 Å². The van der Waals surface area contributed by atoms with Gasteiger partial charge in [0.05, 0.1) is 24.2 Å². The molecule has 0 saturated carbocycles. The number of rotatable bonds is 3.